The summed E-state index contributed by atoms with van der Waals surface area (Å²) in [6, 6.07) is 4.88. The summed E-state index contributed by atoms with van der Waals surface area (Å²) in [5.41, 5.74) is 1.70. The minimum Gasteiger partial charge on any atom is -0.465 e. The molecule has 1 N–H and O–H groups in total. The van der Waals surface area contributed by atoms with E-state index in [4.69, 9.17) is 23.2 Å². The van der Waals surface area contributed by atoms with Gasteiger partial charge in [0.05, 0.1) is 19.2 Å². The largest absolute Gasteiger partial charge is 0.465 e. The van der Waals surface area contributed by atoms with Crippen LogP contribution in [0.2, 0.25) is 9.36 Å². The number of hydrogen-bond donors (Lipinski definition) is 1. The third-order valence-electron chi connectivity index (χ3n) is 2.29. The van der Waals surface area contributed by atoms with E-state index in [1.807, 2.05) is 0 Å². The topological polar surface area (TPSA) is 64.1 Å². The van der Waals surface area contributed by atoms with Crippen LogP contribution in [0.25, 0.3) is 0 Å². The molecule has 0 atom stereocenters. The van der Waals surface area contributed by atoms with Crippen molar-refractivity contribution in [2.75, 3.05) is 12.4 Å². The summed E-state index contributed by atoms with van der Waals surface area (Å²) in [5, 5.41) is 7.39. The second-order valence-corrected chi connectivity index (χ2v) is 5.36. The van der Waals surface area contributed by atoms with Gasteiger partial charge in [0, 0.05) is 22.2 Å². The molecule has 0 bridgehead atoms. The molecular formula is C11H9Cl2N3O2S. The Balaban J connectivity index is 2.14. The molecule has 0 saturated carbocycles. The number of ether oxygens (including phenoxy) is 1. The fraction of sp³-hybridized carbons (Fsp3) is 0.182. The highest BCUT2D eigenvalue weighted by Gasteiger charge is 2.09. The maximum atomic E-state index is 11.5. The molecule has 100 valence electrons. The molecule has 0 aliphatic heterocycles. The van der Waals surface area contributed by atoms with Gasteiger partial charge in [0.2, 0.25) is 0 Å². The van der Waals surface area contributed by atoms with Gasteiger partial charge in [-0.1, -0.05) is 27.7 Å². The van der Waals surface area contributed by atoms with Gasteiger partial charge in [-0.2, -0.15) is 0 Å². The maximum absolute atomic E-state index is 11.5. The monoisotopic (exact) mass is 317 g/mol. The van der Waals surface area contributed by atoms with Crippen LogP contribution in [0.15, 0.2) is 18.2 Å². The molecular weight excluding hydrogens is 309 g/mol. The lowest BCUT2D eigenvalue weighted by Crippen LogP contribution is -2.04. The minimum absolute atomic E-state index is 0.375. The Labute approximate surface area is 123 Å². The average Bonchev–Trinajstić information content (AvgIpc) is 2.80. The van der Waals surface area contributed by atoms with E-state index in [0.29, 0.717) is 32.8 Å². The van der Waals surface area contributed by atoms with Crippen LogP contribution in [0.5, 0.6) is 0 Å². The minimum atomic E-state index is -0.445. The van der Waals surface area contributed by atoms with E-state index in [2.05, 4.69) is 19.6 Å². The average molecular weight is 318 g/mol. The first-order valence-corrected chi connectivity index (χ1v) is 6.72. The van der Waals surface area contributed by atoms with Gasteiger partial charge in [0.25, 0.3) is 0 Å². The molecule has 1 heterocycles. The number of hydrogen-bond acceptors (Lipinski definition) is 6. The highest BCUT2D eigenvalue weighted by Crippen LogP contribution is 2.22. The van der Waals surface area contributed by atoms with Crippen LogP contribution < -0.4 is 5.32 Å². The van der Waals surface area contributed by atoms with Gasteiger partial charge >= 0.3 is 5.97 Å². The van der Waals surface area contributed by atoms with Gasteiger partial charge in [-0.15, -0.1) is 5.10 Å². The zero-order valence-corrected chi connectivity index (χ0v) is 12.1. The third kappa shape index (κ3) is 3.56. The van der Waals surface area contributed by atoms with Crippen LogP contribution in [0.1, 0.15) is 16.1 Å². The zero-order chi connectivity index (χ0) is 13.8. The number of carbonyl (C=O) groups excluding carboxylic acids is 1. The van der Waals surface area contributed by atoms with Crippen molar-refractivity contribution in [1.82, 2.24) is 9.59 Å². The predicted octanol–water partition coefficient (Wildman–Crippen LogP) is 3.24. The van der Waals surface area contributed by atoms with Crippen molar-refractivity contribution in [3.8, 4) is 0 Å². The van der Waals surface area contributed by atoms with E-state index in [1.54, 1.807) is 12.1 Å². The van der Waals surface area contributed by atoms with Gasteiger partial charge in [-0.3, -0.25) is 0 Å². The number of nitrogens with zero attached hydrogens (tertiary/aromatic N) is 2. The predicted molar refractivity (Wildman–Crippen MR) is 75.0 cm³/mol. The Morgan fingerprint density at radius 3 is 2.84 bits per heavy atom. The smallest absolute Gasteiger partial charge is 0.337 e. The Morgan fingerprint density at radius 2 is 2.21 bits per heavy atom. The molecule has 0 aliphatic carbocycles. The quantitative estimate of drug-likeness (QED) is 0.877. The van der Waals surface area contributed by atoms with Gasteiger partial charge < -0.3 is 10.1 Å². The second-order valence-electron chi connectivity index (χ2n) is 3.57. The molecule has 8 heteroatoms. The molecule has 0 fully saturated rings. The SMILES string of the molecule is COC(=O)c1cc(Cl)cc(NCc2nnsc2Cl)c1. The molecule has 1 aromatic carbocycles. The first-order chi connectivity index (χ1) is 9.10. The molecule has 0 amide bonds. The van der Waals surface area contributed by atoms with Crippen LogP contribution in [-0.4, -0.2) is 22.7 Å². The van der Waals surface area contributed by atoms with E-state index in [0.717, 1.165) is 11.5 Å². The van der Waals surface area contributed by atoms with Crippen LogP contribution in [-0.2, 0) is 11.3 Å². The molecule has 5 nitrogen and oxygen atoms in total. The van der Waals surface area contributed by atoms with Gasteiger partial charge in [-0.05, 0) is 18.2 Å². The lowest BCUT2D eigenvalue weighted by atomic mass is 10.2. The van der Waals surface area contributed by atoms with Crippen LogP contribution >= 0.6 is 34.7 Å². The van der Waals surface area contributed by atoms with Crippen molar-refractivity contribution < 1.29 is 9.53 Å². The highest BCUT2D eigenvalue weighted by atomic mass is 35.5. The number of methoxy groups -OCH3 is 1. The molecule has 0 unspecified atom stereocenters. The molecule has 19 heavy (non-hydrogen) atoms. The number of esters is 1. The Hall–Kier alpha value is -1.37. The van der Waals surface area contributed by atoms with E-state index in [1.165, 1.54) is 13.2 Å². The summed E-state index contributed by atoms with van der Waals surface area (Å²) in [6.45, 7) is 0.399. The number of carbonyl (C=O) groups is 1. The standard InChI is InChI=1S/C11H9Cl2N3O2S/c1-18-11(17)6-2-7(12)4-8(3-6)14-5-9-10(13)19-16-15-9/h2-4,14H,5H2,1H3. The normalized spacial score (nSPS) is 10.3. The number of nitrogens with one attached hydrogen (secondary N) is 1. The second kappa shape index (κ2) is 6.18. The highest BCUT2D eigenvalue weighted by molar-refractivity contribution is 7.10. The lowest BCUT2D eigenvalue weighted by molar-refractivity contribution is 0.0601. The van der Waals surface area contributed by atoms with Crippen molar-refractivity contribution in [2.45, 2.75) is 6.54 Å². The fourth-order valence-electron chi connectivity index (χ4n) is 1.42. The van der Waals surface area contributed by atoms with E-state index in [-0.39, 0.29) is 0 Å². The molecule has 0 spiro atoms. The maximum Gasteiger partial charge on any atom is 0.337 e. The molecule has 2 rings (SSSR count). The van der Waals surface area contributed by atoms with Gasteiger partial charge in [-0.25, -0.2) is 4.79 Å². The van der Waals surface area contributed by atoms with Crippen LogP contribution in [0, 0.1) is 0 Å². The van der Waals surface area contributed by atoms with E-state index in [9.17, 15) is 4.79 Å². The molecule has 0 radical (unpaired) electrons. The van der Waals surface area contributed by atoms with Crippen molar-refractivity contribution >= 4 is 46.4 Å². The van der Waals surface area contributed by atoms with Crippen LogP contribution in [0.4, 0.5) is 5.69 Å². The molecule has 0 saturated heterocycles. The zero-order valence-electron chi connectivity index (χ0n) is 9.81. The number of halogens is 2. The third-order valence-corrected chi connectivity index (χ3v) is 3.49. The Bertz CT molecular complexity index is 603. The van der Waals surface area contributed by atoms with Crippen molar-refractivity contribution in [3.63, 3.8) is 0 Å². The summed E-state index contributed by atoms with van der Waals surface area (Å²) in [4.78, 5) is 11.5. The molecule has 1 aromatic heterocycles. The number of benzene rings is 1. The summed E-state index contributed by atoms with van der Waals surface area (Å²) in [6.07, 6.45) is 0. The molecule has 0 aliphatic rings. The first kappa shape index (κ1) is 14.0. The van der Waals surface area contributed by atoms with Gasteiger partial charge in [0.15, 0.2) is 0 Å². The lowest BCUT2D eigenvalue weighted by Gasteiger charge is -2.07. The fourth-order valence-corrected chi connectivity index (χ4v) is 2.28. The number of aromatic nitrogens is 2. The summed E-state index contributed by atoms with van der Waals surface area (Å²) >= 11 is 13.0. The first-order valence-electron chi connectivity index (χ1n) is 5.19. The number of rotatable bonds is 4. The van der Waals surface area contributed by atoms with Gasteiger partial charge in [0.1, 0.15) is 10.0 Å². The van der Waals surface area contributed by atoms with E-state index >= 15 is 0 Å². The summed E-state index contributed by atoms with van der Waals surface area (Å²) in [7, 11) is 1.32. The van der Waals surface area contributed by atoms with Crippen molar-refractivity contribution in [2.24, 2.45) is 0 Å². The number of anilines is 1. The van der Waals surface area contributed by atoms with Crippen LogP contribution in [0.3, 0.4) is 0 Å². The summed E-state index contributed by atoms with van der Waals surface area (Å²) in [5.74, 6) is -0.445. The Morgan fingerprint density at radius 1 is 1.42 bits per heavy atom. The van der Waals surface area contributed by atoms with Crippen molar-refractivity contribution in [3.05, 3.63) is 38.8 Å². The molecule has 2 aromatic rings. The summed E-state index contributed by atoms with van der Waals surface area (Å²) < 4.78 is 8.91. The Kier molecular flexibility index (Phi) is 4.57. The van der Waals surface area contributed by atoms with Crippen molar-refractivity contribution in [1.29, 1.82) is 0 Å². The van der Waals surface area contributed by atoms with E-state index < -0.39 is 5.97 Å².